The summed E-state index contributed by atoms with van der Waals surface area (Å²) in [5.41, 5.74) is 3.17. The molecular weight excluding hydrogens is 332 g/mol. The van der Waals surface area contributed by atoms with E-state index in [0.29, 0.717) is 18.2 Å². The fourth-order valence-corrected chi connectivity index (χ4v) is 3.00. The summed E-state index contributed by atoms with van der Waals surface area (Å²) in [6, 6.07) is 11.0. The highest BCUT2D eigenvalue weighted by atomic mass is 35.5. The Hall–Kier alpha value is -1.98. The smallest absolute Gasteiger partial charge is 0.169 e. The highest BCUT2D eigenvalue weighted by molar-refractivity contribution is 7.80. The van der Waals surface area contributed by atoms with Crippen molar-refractivity contribution in [2.45, 2.75) is 19.5 Å². The van der Waals surface area contributed by atoms with Gasteiger partial charge >= 0.3 is 0 Å². The first kappa shape index (κ1) is 15.9. The molecule has 0 unspecified atom stereocenters. The van der Waals surface area contributed by atoms with E-state index in [4.69, 9.17) is 23.8 Å². The van der Waals surface area contributed by atoms with Crippen molar-refractivity contribution in [3.05, 3.63) is 58.1 Å². The lowest BCUT2D eigenvalue weighted by atomic mass is 10.1. The van der Waals surface area contributed by atoms with Crippen LogP contribution in [0.25, 0.3) is 0 Å². The van der Waals surface area contributed by atoms with Gasteiger partial charge in [-0.3, -0.25) is 0 Å². The van der Waals surface area contributed by atoms with Crippen LogP contribution in [0.5, 0.6) is 11.5 Å². The summed E-state index contributed by atoms with van der Waals surface area (Å²) in [4.78, 5) is 2.01. The molecule has 0 radical (unpaired) electrons. The van der Waals surface area contributed by atoms with Crippen LogP contribution in [0.3, 0.4) is 0 Å². The number of phenols is 2. The summed E-state index contributed by atoms with van der Waals surface area (Å²) in [5, 5.41) is 23.8. The third-order valence-corrected chi connectivity index (χ3v) is 4.56. The van der Waals surface area contributed by atoms with Crippen LogP contribution < -0.4 is 5.32 Å². The van der Waals surface area contributed by atoms with E-state index in [1.54, 1.807) is 12.1 Å². The fourth-order valence-electron chi connectivity index (χ4n) is 2.65. The van der Waals surface area contributed by atoms with E-state index >= 15 is 0 Å². The number of hydrogen-bond donors (Lipinski definition) is 3. The van der Waals surface area contributed by atoms with Crippen LogP contribution in [0.1, 0.15) is 16.7 Å². The number of halogens is 1. The van der Waals surface area contributed by atoms with Gasteiger partial charge in [0, 0.05) is 24.7 Å². The second kappa shape index (κ2) is 6.64. The molecule has 120 valence electrons. The lowest BCUT2D eigenvalue weighted by Crippen LogP contribution is -2.37. The van der Waals surface area contributed by atoms with Crippen LogP contribution in [0.15, 0.2) is 36.4 Å². The first-order chi connectivity index (χ1) is 11.0. The van der Waals surface area contributed by atoms with E-state index in [1.165, 1.54) is 5.56 Å². The van der Waals surface area contributed by atoms with E-state index in [2.05, 4.69) is 5.32 Å². The van der Waals surface area contributed by atoms with Gasteiger partial charge < -0.3 is 20.4 Å². The molecule has 0 saturated heterocycles. The maximum atomic E-state index is 9.57. The second-order valence-electron chi connectivity index (χ2n) is 5.57. The van der Waals surface area contributed by atoms with Crippen molar-refractivity contribution in [3.63, 3.8) is 0 Å². The van der Waals surface area contributed by atoms with Gasteiger partial charge in [-0.1, -0.05) is 23.7 Å². The largest absolute Gasteiger partial charge is 0.504 e. The van der Waals surface area contributed by atoms with Gasteiger partial charge in [-0.25, -0.2) is 0 Å². The standard InChI is InChI=1S/C17H17ClN2O2S/c18-14-3-1-11(2-4-14)5-6-19-17(23)20-9-12-7-15(21)16(22)8-13(12)10-20/h1-4,7-8,21-22H,5-6,9-10H2,(H,19,23). The zero-order valence-electron chi connectivity index (χ0n) is 12.4. The Labute approximate surface area is 145 Å². The molecule has 3 N–H and O–H groups in total. The van der Waals surface area contributed by atoms with E-state index < -0.39 is 0 Å². The summed E-state index contributed by atoms with van der Waals surface area (Å²) < 4.78 is 0. The van der Waals surface area contributed by atoms with Crippen LogP contribution in [0, 0.1) is 0 Å². The Bertz CT molecular complexity index is 703. The number of rotatable bonds is 3. The number of thiocarbonyl (C=S) groups is 1. The van der Waals surface area contributed by atoms with Crippen molar-refractivity contribution in [2.75, 3.05) is 6.54 Å². The Kier molecular flexibility index (Phi) is 4.59. The monoisotopic (exact) mass is 348 g/mol. The molecule has 2 aromatic rings. The van der Waals surface area contributed by atoms with Gasteiger partial charge in [0.1, 0.15) is 0 Å². The Balaban J connectivity index is 1.53. The molecule has 1 aliphatic heterocycles. The third-order valence-electron chi connectivity index (χ3n) is 3.91. The van der Waals surface area contributed by atoms with Gasteiger partial charge in [0.15, 0.2) is 16.6 Å². The predicted molar refractivity (Wildman–Crippen MR) is 94.8 cm³/mol. The van der Waals surface area contributed by atoms with Gasteiger partial charge in [-0.05, 0) is 59.6 Å². The van der Waals surface area contributed by atoms with Crippen molar-refractivity contribution in [3.8, 4) is 11.5 Å². The number of fused-ring (bicyclic) bond motifs is 1. The van der Waals surface area contributed by atoms with Gasteiger partial charge in [0.25, 0.3) is 0 Å². The van der Waals surface area contributed by atoms with Crippen LogP contribution in [-0.4, -0.2) is 26.8 Å². The maximum Gasteiger partial charge on any atom is 0.169 e. The molecule has 4 nitrogen and oxygen atoms in total. The molecule has 0 atom stereocenters. The van der Waals surface area contributed by atoms with Crippen molar-refractivity contribution in [1.82, 2.24) is 10.2 Å². The maximum absolute atomic E-state index is 9.57. The van der Waals surface area contributed by atoms with Crippen molar-refractivity contribution in [2.24, 2.45) is 0 Å². The normalized spacial score (nSPS) is 13.0. The number of benzene rings is 2. The molecule has 0 bridgehead atoms. The molecule has 0 fully saturated rings. The minimum atomic E-state index is -0.0905. The summed E-state index contributed by atoms with van der Waals surface area (Å²) in [6.45, 7) is 2.01. The van der Waals surface area contributed by atoms with E-state index in [-0.39, 0.29) is 11.5 Å². The summed E-state index contributed by atoms with van der Waals surface area (Å²) in [6.07, 6.45) is 0.861. The fraction of sp³-hybridized carbons (Fsp3) is 0.235. The highest BCUT2D eigenvalue weighted by Gasteiger charge is 2.22. The number of phenolic OH excluding ortho intramolecular Hbond substituents is 2. The molecule has 1 aliphatic rings. The highest BCUT2D eigenvalue weighted by Crippen LogP contribution is 2.33. The Morgan fingerprint density at radius 3 is 2.22 bits per heavy atom. The zero-order chi connectivity index (χ0) is 16.4. The van der Waals surface area contributed by atoms with E-state index in [0.717, 1.165) is 29.1 Å². The SMILES string of the molecule is Oc1cc2c(cc1O)CN(C(=S)NCCc1ccc(Cl)cc1)C2. The summed E-state index contributed by atoms with van der Waals surface area (Å²) in [5.74, 6) is -0.181. The van der Waals surface area contributed by atoms with Crippen molar-refractivity contribution < 1.29 is 10.2 Å². The van der Waals surface area contributed by atoms with Crippen LogP contribution >= 0.6 is 23.8 Å². The zero-order valence-corrected chi connectivity index (χ0v) is 14.0. The summed E-state index contributed by atoms with van der Waals surface area (Å²) >= 11 is 11.3. The molecule has 2 aromatic carbocycles. The number of nitrogens with zero attached hydrogens (tertiary/aromatic N) is 1. The van der Waals surface area contributed by atoms with Crippen molar-refractivity contribution in [1.29, 1.82) is 0 Å². The Morgan fingerprint density at radius 2 is 1.65 bits per heavy atom. The minimum Gasteiger partial charge on any atom is -0.504 e. The van der Waals surface area contributed by atoms with E-state index in [1.807, 2.05) is 29.2 Å². The van der Waals surface area contributed by atoms with E-state index in [9.17, 15) is 10.2 Å². The van der Waals surface area contributed by atoms with Gasteiger partial charge in [-0.2, -0.15) is 0 Å². The number of hydrogen-bond acceptors (Lipinski definition) is 3. The molecule has 1 heterocycles. The topological polar surface area (TPSA) is 55.7 Å². The van der Waals surface area contributed by atoms with Crippen LogP contribution in [0.2, 0.25) is 5.02 Å². The average Bonchev–Trinajstić information content (AvgIpc) is 2.92. The molecule has 6 heteroatoms. The van der Waals surface area contributed by atoms with Gasteiger partial charge in [0.2, 0.25) is 0 Å². The molecule has 0 saturated carbocycles. The Morgan fingerprint density at radius 1 is 1.09 bits per heavy atom. The molecule has 3 rings (SSSR count). The van der Waals surface area contributed by atoms with Crippen LogP contribution in [-0.2, 0) is 19.5 Å². The number of nitrogens with one attached hydrogen (secondary N) is 1. The first-order valence-electron chi connectivity index (χ1n) is 7.34. The molecule has 0 aliphatic carbocycles. The molecule has 0 aromatic heterocycles. The molecule has 0 amide bonds. The predicted octanol–water partition coefficient (Wildman–Crippen LogP) is 3.18. The number of aromatic hydroxyl groups is 2. The first-order valence-corrected chi connectivity index (χ1v) is 8.12. The van der Waals surface area contributed by atoms with Gasteiger partial charge in [-0.15, -0.1) is 0 Å². The molecule has 0 spiro atoms. The lowest BCUT2D eigenvalue weighted by molar-refractivity contribution is 0.403. The van der Waals surface area contributed by atoms with Gasteiger partial charge in [0.05, 0.1) is 0 Å². The molecular formula is C17H17ClN2O2S. The lowest BCUT2D eigenvalue weighted by Gasteiger charge is -2.19. The summed E-state index contributed by atoms with van der Waals surface area (Å²) in [7, 11) is 0. The van der Waals surface area contributed by atoms with Crippen molar-refractivity contribution >= 4 is 28.9 Å². The molecule has 23 heavy (non-hydrogen) atoms. The second-order valence-corrected chi connectivity index (χ2v) is 6.40. The third kappa shape index (κ3) is 3.68. The van der Waals surface area contributed by atoms with Crippen LogP contribution in [0.4, 0.5) is 0 Å². The minimum absolute atomic E-state index is 0.0905. The quantitative estimate of drug-likeness (QED) is 0.587. The average molecular weight is 349 g/mol.